The molecule has 0 bridgehead atoms. The zero-order valence-electron chi connectivity index (χ0n) is 14.1. The minimum atomic E-state index is -0.0136. The predicted molar refractivity (Wildman–Crippen MR) is 94.3 cm³/mol. The Morgan fingerprint density at radius 2 is 2.20 bits per heavy atom. The van der Waals surface area contributed by atoms with E-state index in [0.29, 0.717) is 5.69 Å². The molecule has 7 heteroatoms. The van der Waals surface area contributed by atoms with Gasteiger partial charge < -0.3 is 9.42 Å². The van der Waals surface area contributed by atoms with Gasteiger partial charge in [-0.15, -0.1) is 11.3 Å². The maximum Gasteiger partial charge on any atom is 0.273 e. The molecule has 3 aromatic heterocycles. The number of hydrogen-bond donors (Lipinski definition) is 0. The average molecular weight is 354 g/mol. The van der Waals surface area contributed by atoms with Crippen LogP contribution in [0.5, 0.6) is 0 Å². The van der Waals surface area contributed by atoms with Gasteiger partial charge in [0.05, 0.1) is 22.9 Å². The molecule has 4 rings (SSSR count). The second-order valence-corrected chi connectivity index (χ2v) is 6.92. The first kappa shape index (κ1) is 16.0. The van der Waals surface area contributed by atoms with Crippen molar-refractivity contribution in [3.63, 3.8) is 0 Å². The van der Waals surface area contributed by atoms with Crippen molar-refractivity contribution in [1.82, 2.24) is 20.0 Å². The largest absolute Gasteiger partial charge is 0.361 e. The molecule has 1 fully saturated rings. The Morgan fingerprint density at radius 1 is 1.32 bits per heavy atom. The van der Waals surface area contributed by atoms with Crippen molar-refractivity contribution >= 4 is 17.2 Å². The number of carbonyl (C=O) groups excluding carboxylic acids is 1. The van der Waals surface area contributed by atoms with Crippen LogP contribution in [0.15, 0.2) is 33.7 Å². The molecule has 25 heavy (non-hydrogen) atoms. The van der Waals surface area contributed by atoms with Gasteiger partial charge in [-0.25, -0.2) is 4.98 Å². The SMILES string of the molecule is Cc1noc(C)c1-c1ccc([C@H]2CCCN2C(=O)c2cscn2)nc1. The number of rotatable bonds is 3. The number of hydrogen-bond acceptors (Lipinski definition) is 6. The fourth-order valence-electron chi connectivity index (χ4n) is 3.43. The third-order valence-corrected chi connectivity index (χ3v) is 5.20. The number of nitrogens with zero attached hydrogens (tertiary/aromatic N) is 4. The molecule has 1 aliphatic heterocycles. The lowest BCUT2D eigenvalue weighted by atomic mass is 10.0. The maximum atomic E-state index is 12.7. The van der Waals surface area contributed by atoms with Gasteiger partial charge in [0.2, 0.25) is 0 Å². The first-order valence-corrected chi connectivity index (χ1v) is 9.18. The van der Waals surface area contributed by atoms with E-state index in [1.165, 1.54) is 11.3 Å². The molecule has 1 amide bonds. The summed E-state index contributed by atoms with van der Waals surface area (Å²) in [5, 5.41) is 5.79. The highest BCUT2D eigenvalue weighted by Gasteiger charge is 2.32. The molecular weight excluding hydrogens is 336 g/mol. The summed E-state index contributed by atoms with van der Waals surface area (Å²) in [7, 11) is 0. The number of amides is 1. The van der Waals surface area contributed by atoms with Gasteiger partial charge in [-0.2, -0.15) is 0 Å². The molecule has 0 saturated carbocycles. The lowest BCUT2D eigenvalue weighted by Gasteiger charge is -2.23. The zero-order chi connectivity index (χ0) is 17.4. The van der Waals surface area contributed by atoms with Crippen LogP contribution < -0.4 is 0 Å². The molecule has 1 aliphatic rings. The van der Waals surface area contributed by atoms with Crippen molar-refractivity contribution in [3.8, 4) is 11.1 Å². The Balaban J connectivity index is 1.60. The second-order valence-electron chi connectivity index (χ2n) is 6.20. The predicted octanol–water partition coefficient (Wildman–Crippen LogP) is 3.79. The summed E-state index contributed by atoms with van der Waals surface area (Å²) in [6.07, 6.45) is 3.74. The van der Waals surface area contributed by atoms with Crippen LogP contribution in [-0.4, -0.2) is 32.5 Å². The molecule has 1 atom stereocenters. The fourth-order valence-corrected chi connectivity index (χ4v) is 3.95. The first-order valence-electron chi connectivity index (χ1n) is 8.23. The fraction of sp³-hybridized carbons (Fsp3) is 0.333. The van der Waals surface area contributed by atoms with E-state index in [4.69, 9.17) is 4.52 Å². The highest BCUT2D eigenvalue weighted by atomic mass is 32.1. The average Bonchev–Trinajstić information content (AvgIpc) is 3.36. The van der Waals surface area contributed by atoms with Gasteiger partial charge in [0.25, 0.3) is 5.91 Å². The van der Waals surface area contributed by atoms with E-state index in [1.54, 1.807) is 10.9 Å². The van der Waals surface area contributed by atoms with Gasteiger partial charge in [0.1, 0.15) is 11.5 Å². The molecule has 128 valence electrons. The van der Waals surface area contributed by atoms with Crippen molar-refractivity contribution in [2.45, 2.75) is 32.7 Å². The number of aryl methyl sites for hydroxylation is 2. The maximum absolute atomic E-state index is 12.7. The van der Waals surface area contributed by atoms with E-state index in [2.05, 4.69) is 15.1 Å². The van der Waals surface area contributed by atoms with E-state index in [0.717, 1.165) is 47.7 Å². The summed E-state index contributed by atoms with van der Waals surface area (Å²) in [6.45, 7) is 4.56. The highest BCUT2D eigenvalue weighted by Crippen LogP contribution is 2.33. The molecule has 1 saturated heterocycles. The van der Waals surface area contributed by atoms with Gasteiger partial charge in [-0.3, -0.25) is 9.78 Å². The van der Waals surface area contributed by atoms with Gasteiger partial charge >= 0.3 is 0 Å². The third-order valence-electron chi connectivity index (χ3n) is 4.61. The third kappa shape index (κ3) is 2.84. The van der Waals surface area contributed by atoms with Crippen LogP contribution in [0.3, 0.4) is 0 Å². The van der Waals surface area contributed by atoms with Crippen molar-refractivity contribution < 1.29 is 9.32 Å². The molecular formula is C18H18N4O2S. The molecule has 0 aromatic carbocycles. The van der Waals surface area contributed by atoms with Gasteiger partial charge in [0.15, 0.2) is 0 Å². The van der Waals surface area contributed by atoms with Crippen molar-refractivity contribution in [1.29, 1.82) is 0 Å². The summed E-state index contributed by atoms with van der Waals surface area (Å²) in [5.41, 5.74) is 5.94. The van der Waals surface area contributed by atoms with Gasteiger partial charge in [-0.05, 0) is 32.8 Å². The Morgan fingerprint density at radius 3 is 2.84 bits per heavy atom. The second kappa shape index (κ2) is 6.40. The van der Waals surface area contributed by atoms with Crippen molar-refractivity contribution in [2.75, 3.05) is 6.54 Å². The van der Waals surface area contributed by atoms with E-state index in [-0.39, 0.29) is 11.9 Å². The Hall–Kier alpha value is -2.54. The van der Waals surface area contributed by atoms with Crippen molar-refractivity contribution in [3.05, 3.63) is 52.1 Å². The first-order chi connectivity index (χ1) is 12.1. The zero-order valence-corrected chi connectivity index (χ0v) is 14.9. The highest BCUT2D eigenvalue weighted by molar-refractivity contribution is 7.07. The smallest absolute Gasteiger partial charge is 0.273 e. The summed E-state index contributed by atoms with van der Waals surface area (Å²) < 4.78 is 5.23. The lowest BCUT2D eigenvalue weighted by Crippen LogP contribution is -2.31. The van der Waals surface area contributed by atoms with Crippen molar-refractivity contribution in [2.24, 2.45) is 0 Å². The summed E-state index contributed by atoms with van der Waals surface area (Å²) >= 11 is 1.44. The minimum absolute atomic E-state index is 0.00733. The quantitative estimate of drug-likeness (QED) is 0.715. The van der Waals surface area contributed by atoms with Crippen LogP contribution in [0.25, 0.3) is 11.1 Å². The lowest BCUT2D eigenvalue weighted by molar-refractivity contribution is 0.0728. The van der Waals surface area contributed by atoms with Gasteiger partial charge in [-0.1, -0.05) is 11.2 Å². The normalized spacial score (nSPS) is 17.2. The Kier molecular flexibility index (Phi) is 4.09. The standard InChI is InChI=1S/C18H18N4O2S/c1-11-17(12(2)24-21-11)13-5-6-14(19-8-13)16-4-3-7-22(16)18(23)15-9-25-10-20-15/h5-6,8-10,16H,3-4,7H2,1-2H3/t16-/m1/s1. The molecule has 3 aromatic rings. The Labute approximate surface area is 149 Å². The molecule has 0 aliphatic carbocycles. The van der Waals surface area contributed by atoms with Crippen LogP contribution in [0.4, 0.5) is 0 Å². The van der Waals surface area contributed by atoms with E-state index >= 15 is 0 Å². The van der Waals surface area contributed by atoms with E-state index in [9.17, 15) is 4.79 Å². The minimum Gasteiger partial charge on any atom is -0.361 e. The number of pyridine rings is 1. The van der Waals surface area contributed by atoms with E-state index in [1.807, 2.05) is 37.1 Å². The number of thiazole rings is 1. The van der Waals surface area contributed by atoms with Crippen LogP contribution in [0.2, 0.25) is 0 Å². The van der Waals surface area contributed by atoms with Crippen LogP contribution in [0, 0.1) is 13.8 Å². The number of carbonyl (C=O) groups is 1. The number of aromatic nitrogens is 3. The summed E-state index contributed by atoms with van der Waals surface area (Å²) in [5.74, 6) is 0.772. The topological polar surface area (TPSA) is 72.1 Å². The summed E-state index contributed by atoms with van der Waals surface area (Å²) in [6, 6.07) is 4.03. The van der Waals surface area contributed by atoms with Crippen LogP contribution in [-0.2, 0) is 0 Å². The number of likely N-dealkylation sites (tertiary alicyclic amines) is 1. The van der Waals surface area contributed by atoms with Crippen LogP contribution in [0.1, 0.15) is 46.5 Å². The van der Waals surface area contributed by atoms with E-state index < -0.39 is 0 Å². The molecule has 0 N–H and O–H groups in total. The Bertz CT molecular complexity index is 867. The molecule has 0 radical (unpaired) electrons. The summed E-state index contributed by atoms with van der Waals surface area (Å²) in [4.78, 5) is 23.3. The molecule has 0 spiro atoms. The molecule has 6 nitrogen and oxygen atoms in total. The van der Waals surface area contributed by atoms with Gasteiger partial charge in [0, 0.05) is 29.2 Å². The monoisotopic (exact) mass is 354 g/mol. The van der Waals surface area contributed by atoms with Crippen LogP contribution >= 0.6 is 11.3 Å². The molecule has 4 heterocycles. The molecule has 0 unspecified atom stereocenters.